The highest BCUT2D eigenvalue weighted by atomic mass is 16.4. The van der Waals surface area contributed by atoms with Crippen molar-refractivity contribution >= 4 is 22.6 Å². The van der Waals surface area contributed by atoms with E-state index in [1.54, 1.807) is 6.07 Å². The van der Waals surface area contributed by atoms with Crippen molar-refractivity contribution in [2.24, 2.45) is 0 Å². The first-order chi connectivity index (χ1) is 8.61. The van der Waals surface area contributed by atoms with Crippen molar-refractivity contribution in [2.45, 2.75) is 26.2 Å². The Morgan fingerprint density at radius 2 is 2.28 bits per heavy atom. The molecule has 5 heteroatoms. The van der Waals surface area contributed by atoms with E-state index in [-0.39, 0.29) is 5.69 Å². The Morgan fingerprint density at radius 1 is 1.50 bits per heavy atom. The standard InChI is InChI=1S/C13H15N3O2/c1-2-3-9(14)6-8-4-5-11-10(7-8)12(13(17)18)16-15-11/h4-5,7,14H,2-3,6H2,1H3,(H,15,16)(H,17,18). The molecule has 0 bridgehead atoms. The number of carbonyl (C=O) groups is 1. The minimum Gasteiger partial charge on any atom is -0.476 e. The van der Waals surface area contributed by atoms with Crippen LogP contribution in [0.1, 0.15) is 35.8 Å². The molecule has 0 fully saturated rings. The summed E-state index contributed by atoms with van der Waals surface area (Å²) in [5, 5.41) is 23.9. The van der Waals surface area contributed by atoms with E-state index in [9.17, 15) is 4.79 Å². The van der Waals surface area contributed by atoms with Crippen molar-refractivity contribution in [1.29, 1.82) is 5.41 Å². The number of benzene rings is 1. The first kappa shape index (κ1) is 12.3. The predicted molar refractivity (Wildman–Crippen MR) is 69.4 cm³/mol. The number of aromatic nitrogens is 2. The Kier molecular flexibility index (Phi) is 3.41. The van der Waals surface area contributed by atoms with Crippen molar-refractivity contribution in [3.8, 4) is 0 Å². The van der Waals surface area contributed by atoms with Gasteiger partial charge in [0.1, 0.15) is 0 Å². The molecule has 2 aromatic rings. The zero-order chi connectivity index (χ0) is 13.1. The van der Waals surface area contributed by atoms with Gasteiger partial charge < -0.3 is 10.5 Å². The molecule has 5 nitrogen and oxygen atoms in total. The van der Waals surface area contributed by atoms with Gasteiger partial charge in [-0.05, 0) is 24.1 Å². The van der Waals surface area contributed by atoms with Gasteiger partial charge in [-0.2, -0.15) is 5.10 Å². The number of nitrogens with zero attached hydrogens (tertiary/aromatic N) is 1. The third-order valence-corrected chi connectivity index (χ3v) is 2.80. The number of aromatic carboxylic acids is 1. The molecule has 0 aliphatic carbocycles. The van der Waals surface area contributed by atoms with E-state index in [0.29, 0.717) is 23.0 Å². The summed E-state index contributed by atoms with van der Waals surface area (Å²) < 4.78 is 0. The van der Waals surface area contributed by atoms with E-state index in [0.717, 1.165) is 18.4 Å². The van der Waals surface area contributed by atoms with Crippen LogP contribution >= 0.6 is 0 Å². The van der Waals surface area contributed by atoms with Gasteiger partial charge in [0.15, 0.2) is 5.69 Å². The number of nitrogens with one attached hydrogen (secondary N) is 2. The van der Waals surface area contributed by atoms with Crippen LogP contribution in [0, 0.1) is 5.41 Å². The molecular weight excluding hydrogens is 230 g/mol. The number of rotatable bonds is 5. The van der Waals surface area contributed by atoms with Crippen LogP contribution in [0.3, 0.4) is 0 Å². The molecule has 3 N–H and O–H groups in total. The van der Waals surface area contributed by atoms with Gasteiger partial charge in [0, 0.05) is 17.5 Å². The van der Waals surface area contributed by atoms with Crippen molar-refractivity contribution in [3.05, 3.63) is 29.5 Å². The molecule has 0 saturated heterocycles. The lowest BCUT2D eigenvalue weighted by Gasteiger charge is -2.03. The van der Waals surface area contributed by atoms with Crippen LogP contribution < -0.4 is 0 Å². The quantitative estimate of drug-likeness (QED) is 0.707. The smallest absolute Gasteiger partial charge is 0.357 e. The number of fused-ring (bicyclic) bond motifs is 1. The molecule has 2 rings (SSSR count). The second-order valence-corrected chi connectivity index (χ2v) is 4.29. The summed E-state index contributed by atoms with van der Waals surface area (Å²) in [5.74, 6) is -1.04. The zero-order valence-electron chi connectivity index (χ0n) is 10.2. The summed E-state index contributed by atoms with van der Waals surface area (Å²) in [6.07, 6.45) is 2.29. The molecule has 0 amide bonds. The number of hydrogen-bond donors (Lipinski definition) is 3. The van der Waals surface area contributed by atoms with Gasteiger partial charge in [-0.3, -0.25) is 5.10 Å². The lowest BCUT2D eigenvalue weighted by atomic mass is 10.0. The normalized spacial score (nSPS) is 10.7. The van der Waals surface area contributed by atoms with Gasteiger partial charge in [0.2, 0.25) is 0 Å². The maximum absolute atomic E-state index is 11.0. The maximum Gasteiger partial charge on any atom is 0.357 e. The monoisotopic (exact) mass is 245 g/mol. The minimum atomic E-state index is -1.04. The summed E-state index contributed by atoms with van der Waals surface area (Å²) in [4.78, 5) is 11.0. The Balaban J connectivity index is 2.33. The molecule has 18 heavy (non-hydrogen) atoms. The van der Waals surface area contributed by atoms with Gasteiger partial charge >= 0.3 is 5.97 Å². The Morgan fingerprint density at radius 3 is 2.94 bits per heavy atom. The molecular formula is C13H15N3O2. The molecule has 1 aromatic carbocycles. The SMILES string of the molecule is CCCC(=N)Cc1ccc2[nH]nc(C(=O)O)c2c1. The molecule has 0 atom stereocenters. The van der Waals surface area contributed by atoms with E-state index in [2.05, 4.69) is 10.2 Å². The minimum absolute atomic E-state index is 0.0360. The van der Waals surface area contributed by atoms with Crippen LogP contribution in [0.4, 0.5) is 0 Å². The van der Waals surface area contributed by atoms with E-state index < -0.39 is 5.97 Å². The van der Waals surface area contributed by atoms with Crippen LogP contribution in [0.5, 0.6) is 0 Å². The fourth-order valence-electron chi connectivity index (χ4n) is 1.97. The van der Waals surface area contributed by atoms with Crippen LogP contribution in [0.2, 0.25) is 0 Å². The van der Waals surface area contributed by atoms with Crippen LogP contribution in [0.25, 0.3) is 10.9 Å². The molecule has 0 aliphatic rings. The highest BCUT2D eigenvalue weighted by Gasteiger charge is 2.13. The topological polar surface area (TPSA) is 89.8 Å². The summed E-state index contributed by atoms with van der Waals surface area (Å²) in [7, 11) is 0. The molecule has 0 radical (unpaired) electrons. The van der Waals surface area contributed by atoms with Crippen molar-refractivity contribution < 1.29 is 9.90 Å². The van der Waals surface area contributed by atoms with Gasteiger partial charge in [-0.15, -0.1) is 0 Å². The highest BCUT2D eigenvalue weighted by molar-refractivity contribution is 6.01. The van der Waals surface area contributed by atoms with E-state index >= 15 is 0 Å². The summed E-state index contributed by atoms with van der Waals surface area (Å²) >= 11 is 0. The molecule has 1 aromatic heterocycles. The third-order valence-electron chi connectivity index (χ3n) is 2.80. The van der Waals surface area contributed by atoms with Crippen LogP contribution in [0.15, 0.2) is 18.2 Å². The van der Waals surface area contributed by atoms with Gasteiger partial charge in [-0.25, -0.2) is 4.79 Å². The first-order valence-electron chi connectivity index (χ1n) is 5.88. The van der Waals surface area contributed by atoms with Gasteiger partial charge in [0.05, 0.1) is 5.52 Å². The van der Waals surface area contributed by atoms with E-state index in [1.165, 1.54) is 0 Å². The molecule has 0 aliphatic heterocycles. The molecule has 94 valence electrons. The number of carboxylic acid groups (broad SMARTS) is 1. The predicted octanol–water partition coefficient (Wildman–Crippen LogP) is 2.62. The largest absolute Gasteiger partial charge is 0.476 e. The third kappa shape index (κ3) is 2.40. The Labute approximate surface area is 104 Å². The average Bonchev–Trinajstić information content (AvgIpc) is 2.72. The van der Waals surface area contributed by atoms with Crippen LogP contribution in [-0.2, 0) is 6.42 Å². The lowest BCUT2D eigenvalue weighted by molar-refractivity contribution is 0.0692. The molecule has 0 saturated carbocycles. The molecule has 0 spiro atoms. The number of hydrogen-bond acceptors (Lipinski definition) is 3. The summed E-state index contributed by atoms with van der Waals surface area (Å²) in [6, 6.07) is 5.51. The van der Waals surface area contributed by atoms with Crippen molar-refractivity contribution in [1.82, 2.24) is 10.2 Å². The lowest BCUT2D eigenvalue weighted by Crippen LogP contribution is -2.01. The maximum atomic E-state index is 11.0. The fraction of sp³-hybridized carbons (Fsp3) is 0.308. The fourth-order valence-corrected chi connectivity index (χ4v) is 1.97. The van der Waals surface area contributed by atoms with Crippen molar-refractivity contribution in [3.63, 3.8) is 0 Å². The highest BCUT2D eigenvalue weighted by Crippen LogP contribution is 2.18. The number of carboxylic acids is 1. The van der Waals surface area contributed by atoms with Crippen LogP contribution in [-0.4, -0.2) is 27.0 Å². The van der Waals surface area contributed by atoms with Crippen molar-refractivity contribution in [2.75, 3.05) is 0 Å². The first-order valence-corrected chi connectivity index (χ1v) is 5.88. The number of H-pyrrole nitrogens is 1. The van der Waals surface area contributed by atoms with E-state index in [4.69, 9.17) is 10.5 Å². The summed E-state index contributed by atoms with van der Waals surface area (Å²) in [6.45, 7) is 2.04. The second kappa shape index (κ2) is 5.00. The van der Waals surface area contributed by atoms with E-state index in [1.807, 2.05) is 19.1 Å². The Bertz CT molecular complexity index is 601. The molecule has 1 heterocycles. The summed E-state index contributed by atoms with van der Waals surface area (Å²) in [5.41, 5.74) is 2.36. The second-order valence-electron chi connectivity index (χ2n) is 4.29. The van der Waals surface area contributed by atoms with Gasteiger partial charge in [0.25, 0.3) is 0 Å². The molecule has 0 unspecified atom stereocenters. The number of aromatic amines is 1. The van der Waals surface area contributed by atoms with Gasteiger partial charge in [-0.1, -0.05) is 19.4 Å². The average molecular weight is 245 g/mol. The zero-order valence-corrected chi connectivity index (χ0v) is 10.2. The Hall–Kier alpha value is -2.17.